The molecule has 0 atom stereocenters. The largest absolute Gasteiger partial charge is 0.325 e. The fourth-order valence-corrected chi connectivity index (χ4v) is 5.02. The molecule has 138 valence electrons. The van der Waals surface area contributed by atoms with Crippen LogP contribution >= 0.6 is 11.8 Å². The number of sulfonamides is 1. The predicted molar refractivity (Wildman–Crippen MR) is 100 cm³/mol. The van der Waals surface area contributed by atoms with E-state index in [-0.39, 0.29) is 22.4 Å². The van der Waals surface area contributed by atoms with Crippen molar-refractivity contribution in [1.29, 1.82) is 0 Å². The number of rotatable bonds is 6. The van der Waals surface area contributed by atoms with E-state index in [4.69, 9.17) is 0 Å². The number of carbonyl (C=O) groups excluding carboxylic acids is 1. The molecule has 1 amide bonds. The quantitative estimate of drug-likeness (QED) is 0.763. The van der Waals surface area contributed by atoms with Gasteiger partial charge in [0.25, 0.3) is 0 Å². The molecule has 3 rings (SSSR count). The lowest BCUT2D eigenvalue weighted by Gasteiger charge is -2.16. The average Bonchev–Trinajstić information content (AvgIpc) is 3.17. The van der Waals surface area contributed by atoms with Crippen molar-refractivity contribution in [2.45, 2.75) is 22.6 Å². The van der Waals surface area contributed by atoms with Crippen molar-refractivity contribution >= 4 is 33.4 Å². The molecule has 1 aliphatic rings. The summed E-state index contributed by atoms with van der Waals surface area (Å²) in [7, 11) is -3.53. The molecule has 8 heteroatoms. The number of carbonyl (C=O) groups is 1. The Kier molecular flexibility index (Phi) is 5.95. The van der Waals surface area contributed by atoms with Gasteiger partial charge in [-0.3, -0.25) is 4.79 Å². The lowest BCUT2D eigenvalue weighted by atomic mass is 10.3. The Balaban J connectivity index is 1.65. The molecule has 0 spiro atoms. The predicted octanol–water partition coefficient (Wildman–Crippen LogP) is 3.34. The second-order valence-corrected chi connectivity index (χ2v) is 8.86. The van der Waals surface area contributed by atoms with E-state index in [1.54, 1.807) is 30.3 Å². The molecule has 2 aromatic carbocycles. The van der Waals surface area contributed by atoms with Gasteiger partial charge in [-0.25, -0.2) is 12.8 Å². The second kappa shape index (κ2) is 8.20. The maximum atomic E-state index is 13.6. The molecular weight excluding hydrogens is 375 g/mol. The summed E-state index contributed by atoms with van der Waals surface area (Å²) in [5.74, 6) is -0.665. The third kappa shape index (κ3) is 4.44. The molecule has 0 radical (unpaired) electrons. The molecule has 0 bridgehead atoms. The SMILES string of the molecule is O=C(CSc1ccccc1F)Nc1cccc(S(=O)(=O)N2CCCC2)c1. The summed E-state index contributed by atoms with van der Waals surface area (Å²) in [4.78, 5) is 12.7. The normalized spacial score (nSPS) is 15.1. The minimum atomic E-state index is -3.53. The van der Waals surface area contributed by atoms with Crippen molar-refractivity contribution in [1.82, 2.24) is 4.31 Å². The Morgan fingerprint density at radius 3 is 2.58 bits per heavy atom. The molecule has 0 unspecified atom stereocenters. The van der Waals surface area contributed by atoms with Crippen LogP contribution in [0.25, 0.3) is 0 Å². The standard InChI is InChI=1S/C18H19FN2O3S2/c19-16-8-1-2-9-17(16)25-13-18(22)20-14-6-5-7-15(12-14)26(23,24)21-10-3-4-11-21/h1-2,5-9,12H,3-4,10-11,13H2,(H,20,22). The minimum absolute atomic E-state index is 0.0318. The smallest absolute Gasteiger partial charge is 0.243 e. The molecule has 1 heterocycles. The third-order valence-corrected chi connectivity index (χ3v) is 6.96. The minimum Gasteiger partial charge on any atom is -0.325 e. The lowest BCUT2D eigenvalue weighted by Crippen LogP contribution is -2.28. The zero-order chi connectivity index (χ0) is 18.6. The zero-order valence-electron chi connectivity index (χ0n) is 14.0. The lowest BCUT2D eigenvalue weighted by molar-refractivity contribution is -0.113. The number of anilines is 1. The van der Waals surface area contributed by atoms with E-state index in [0.29, 0.717) is 23.7 Å². The van der Waals surface area contributed by atoms with Crippen LogP contribution in [-0.2, 0) is 14.8 Å². The summed E-state index contributed by atoms with van der Waals surface area (Å²) in [6, 6.07) is 12.5. The van der Waals surface area contributed by atoms with Crippen molar-refractivity contribution in [3.8, 4) is 0 Å². The van der Waals surface area contributed by atoms with Crippen LogP contribution in [0.2, 0.25) is 0 Å². The van der Waals surface area contributed by atoms with Gasteiger partial charge in [-0.15, -0.1) is 11.8 Å². The van der Waals surface area contributed by atoms with Crippen molar-refractivity contribution in [3.63, 3.8) is 0 Å². The number of benzene rings is 2. The highest BCUT2D eigenvalue weighted by molar-refractivity contribution is 8.00. The van der Waals surface area contributed by atoms with Crippen LogP contribution in [0.3, 0.4) is 0 Å². The van der Waals surface area contributed by atoms with Gasteiger partial charge in [0.05, 0.1) is 10.6 Å². The monoisotopic (exact) mass is 394 g/mol. The fraction of sp³-hybridized carbons (Fsp3) is 0.278. The molecule has 1 saturated heterocycles. The Hall–Kier alpha value is -1.90. The maximum Gasteiger partial charge on any atom is 0.243 e. The van der Waals surface area contributed by atoms with E-state index in [0.717, 1.165) is 24.6 Å². The van der Waals surface area contributed by atoms with Gasteiger partial charge in [-0.2, -0.15) is 4.31 Å². The van der Waals surface area contributed by atoms with E-state index in [2.05, 4.69) is 5.32 Å². The van der Waals surface area contributed by atoms with Crippen molar-refractivity contribution < 1.29 is 17.6 Å². The Morgan fingerprint density at radius 2 is 1.85 bits per heavy atom. The Bertz CT molecular complexity index is 897. The van der Waals surface area contributed by atoms with Crippen molar-refractivity contribution in [2.75, 3.05) is 24.2 Å². The molecule has 26 heavy (non-hydrogen) atoms. The van der Waals surface area contributed by atoms with E-state index in [9.17, 15) is 17.6 Å². The number of hydrogen-bond donors (Lipinski definition) is 1. The average molecular weight is 394 g/mol. The number of amides is 1. The number of thioether (sulfide) groups is 1. The highest BCUT2D eigenvalue weighted by Gasteiger charge is 2.27. The van der Waals surface area contributed by atoms with Crippen LogP contribution in [0.1, 0.15) is 12.8 Å². The maximum absolute atomic E-state index is 13.6. The van der Waals surface area contributed by atoms with Crippen LogP contribution < -0.4 is 5.32 Å². The van der Waals surface area contributed by atoms with Gasteiger partial charge in [0, 0.05) is 23.7 Å². The topological polar surface area (TPSA) is 66.5 Å². The van der Waals surface area contributed by atoms with Gasteiger partial charge < -0.3 is 5.32 Å². The number of nitrogens with one attached hydrogen (secondary N) is 1. The molecule has 0 aromatic heterocycles. The molecule has 2 aromatic rings. The van der Waals surface area contributed by atoms with E-state index < -0.39 is 10.0 Å². The molecule has 1 N–H and O–H groups in total. The fourth-order valence-electron chi connectivity index (χ4n) is 2.71. The summed E-state index contributed by atoms with van der Waals surface area (Å²) in [5.41, 5.74) is 0.407. The second-order valence-electron chi connectivity index (χ2n) is 5.91. The summed E-state index contributed by atoms with van der Waals surface area (Å²) in [6.07, 6.45) is 1.73. The van der Waals surface area contributed by atoms with E-state index in [1.165, 1.54) is 22.5 Å². The van der Waals surface area contributed by atoms with Gasteiger partial charge in [-0.1, -0.05) is 18.2 Å². The summed E-state index contributed by atoms with van der Waals surface area (Å²) >= 11 is 1.09. The van der Waals surface area contributed by atoms with Crippen LogP contribution in [0.5, 0.6) is 0 Å². The first-order valence-corrected chi connectivity index (χ1v) is 10.7. The number of halogens is 1. The zero-order valence-corrected chi connectivity index (χ0v) is 15.7. The van der Waals surface area contributed by atoms with Gasteiger partial charge in [0.1, 0.15) is 5.82 Å². The molecular formula is C18H19FN2O3S2. The van der Waals surface area contributed by atoms with E-state index in [1.807, 2.05) is 0 Å². The van der Waals surface area contributed by atoms with Crippen LogP contribution in [0, 0.1) is 5.82 Å². The summed E-state index contributed by atoms with van der Waals surface area (Å²) in [5, 5.41) is 2.67. The highest BCUT2D eigenvalue weighted by atomic mass is 32.2. The van der Waals surface area contributed by atoms with Crippen LogP contribution in [-0.4, -0.2) is 37.5 Å². The Morgan fingerprint density at radius 1 is 1.12 bits per heavy atom. The number of nitrogens with zero attached hydrogens (tertiary/aromatic N) is 1. The summed E-state index contributed by atoms with van der Waals surface area (Å²) in [6.45, 7) is 1.05. The van der Waals surface area contributed by atoms with Gasteiger partial charge in [-0.05, 0) is 43.2 Å². The van der Waals surface area contributed by atoms with Gasteiger partial charge in [0.15, 0.2) is 0 Å². The van der Waals surface area contributed by atoms with Crippen molar-refractivity contribution in [2.24, 2.45) is 0 Å². The highest BCUT2D eigenvalue weighted by Crippen LogP contribution is 2.24. The Labute approximate surface area is 156 Å². The van der Waals surface area contributed by atoms with E-state index >= 15 is 0 Å². The third-order valence-electron chi connectivity index (χ3n) is 4.02. The first-order valence-electron chi connectivity index (χ1n) is 8.24. The molecule has 0 aliphatic carbocycles. The molecule has 1 aliphatic heterocycles. The molecule has 5 nitrogen and oxygen atoms in total. The molecule has 0 saturated carbocycles. The number of hydrogen-bond acceptors (Lipinski definition) is 4. The van der Waals surface area contributed by atoms with Crippen LogP contribution in [0.4, 0.5) is 10.1 Å². The first kappa shape index (κ1) is 18.9. The molecule has 1 fully saturated rings. The van der Waals surface area contributed by atoms with Gasteiger partial charge >= 0.3 is 0 Å². The summed E-state index contributed by atoms with van der Waals surface area (Å²) < 4.78 is 40.2. The van der Waals surface area contributed by atoms with Gasteiger partial charge in [0.2, 0.25) is 15.9 Å². The van der Waals surface area contributed by atoms with Crippen LogP contribution in [0.15, 0.2) is 58.3 Å². The van der Waals surface area contributed by atoms with Crippen molar-refractivity contribution in [3.05, 3.63) is 54.3 Å². The first-order chi connectivity index (χ1) is 12.5.